The summed E-state index contributed by atoms with van der Waals surface area (Å²) in [6.07, 6.45) is -0.225. The van der Waals surface area contributed by atoms with Gasteiger partial charge in [0.05, 0.1) is 12.2 Å². The minimum absolute atomic E-state index is 0.225. The Kier molecular flexibility index (Phi) is 4.83. The number of Topliss-reactive ketones (excluding diaryl/α,β-unsaturated/α-hetero) is 1. The molecule has 5 heteroatoms. The number of nitrogens with zero attached hydrogens (tertiary/aromatic N) is 1. The number of amides is 1. The predicted octanol–water partition coefficient (Wildman–Crippen LogP) is 2.90. The molecular formula is C21H23NO4. The third-order valence-electron chi connectivity index (χ3n) is 4.57. The van der Waals surface area contributed by atoms with Crippen molar-refractivity contribution < 1.29 is 19.4 Å². The summed E-state index contributed by atoms with van der Waals surface area (Å²) < 4.78 is 5.74. The number of fused-ring (bicyclic) bond motifs is 1. The number of aryl methyl sites for hydroxylation is 2. The smallest absolute Gasteiger partial charge is 0.264 e. The van der Waals surface area contributed by atoms with Gasteiger partial charge in [0.1, 0.15) is 18.1 Å². The van der Waals surface area contributed by atoms with Crippen LogP contribution < -0.4 is 9.64 Å². The monoisotopic (exact) mass is 353 g/mol. The largest absolute Gasteiger partial charge is 0.492 e. The molecule has 0 fully saturated rings. The van der Waals surface area contributed by atoms with Crippen LogP contribution in [0.1, 0.15) is 30.0 Å². The van der Waals surface area contributed by atoms with Crippen LogP contribution in [0.2, 0.25) is 0 Å². The molecule has 1 aliphatic heterocycles. The first-order valence-electron chi connectivity index (χ1n) is 8.65. The van der Waals surface area contributed by atoms with E-state index in [2.05, 4.69) is 0 Å². The first kappa shape index (κ1) is 18.1. The van der Waals surface area contributed by atoms with Crippen LogP contribution in [0.5, 0.6) is 5.75 Å². The van der Waals surface area contributed by atoms with Gasteiger partial charge in [-0.1, -0.05) is 29.8 Å². The first-order chi connectivity index (χ1) is 12.3. The Bertz CT molecular complexity index is 861. The minimum Gasteiger partial charge on any atom is -0.492 e. The molecule has 0 aliphatic carbocycles. The average molecular weight is 353 g/mol. The molecule has 136 valence electrons. The SMILES string of the molecule is CC(=O)C[C@@]1(O)C(=O)N(CCOc2cccc(C)c2)c2ccc(C)cc21. The molecule has 5 nitrogen and oxygen atoms in total. The lowest BCUT2D eigenvalue weighted by Crippen LogP contribution is -2.43. The van der Waals surface area contributed by atoms with E-state index in [0.717, 1.165) is 16.9 Å². The summed E-state index contributed by atoms with van der Waals surface area (Å²) in [5.41, 5.74) is 1.36. The van der Waals surface area contributed by atoms with E-state index in [1.165, 1.54) is 11.8 Å². The van der Waals surface area contributed by atoms with Gasteiger partial charge in [-0.2, -0.15) is 0 Å². The zero-order valence-electron chi connectivity index (χ0n) is 15.3. The summed E-state index contributed by atoms with van der Waals surface area (Å²) >= 11 is 0. The van der Waals surface area contributed by atoms with Gasteiger partial charge in [-0.3, -0.25) is 9.59 Å². The van der Waals surface area contributed by atoms with Gasteiger partial charge in [-0.15, -0.1) is 0 Å². The van der Waals surface area contributed by atoms with E-state index in [4.69, 9.17) is 4.74 Å². The van der Waals surface area contributed by atoms with Crippen LogP contribution in [-0.2, 0) is 15.2 Å². The summed E-state index contributed by atoms with van der Waals surface area (Å²) in [6, 6.07) is 13.2. The molecule has 1 N–H and O–H groups in total. The Balaban J connectivity index is 1.82. The van der Waals surface area contributed by atoms with Crippen LogP contribution in [0.15, 0.2) is 42.5 Å². The summed E-state index contributed by atoms with van der Waals surface area (Å²) in [5, 5.41) is 11.0. The van der Waals surface area contributed by atoms with Gasteiger partial charge in [0, 0.05) is 12.0 Å². The van der Waals surface area contributed by atoms with Crippen LogP contribution in [0, 0.1) is 13.8 Å². The lowest BCUT2D eigenvalue weighted by molar-refractivity contribution is -0.141. The van der Waals surface area contributed by atoms with Crippen molar-refractivity contribution in [3.63, 3.8) is 0 Å². The van der Waals surface area contributed by atoms with Crippen LogP contribution >= 0.6 is 0 Å². The van der Waals surface area contributed by atoms with E-state index in [-0.39, 0.29) is 12.2 Å². The average Bonchev–Trinajstić information content (AvgIpc) is 2.76. The zero-order chi connectivity index (χ0) is 18.9. The lowest BCUT2D eigenvalue weighted by atomic mass is 9.89. The van der Waals surface area contributed by atoms with Crippen LogP contribution in [0.3, 0.4) is 0 Å². The van der Waals surface area contributed by atoms with Crippen molar-refractivity contribution in [1.82, 2.24) is 0 Å². The fourth-order valence-corrected chi connectivity index (χ4v) is 3.38. The molecular weight excluding hydrogens is 330 g/mol. The Morgan fingerprint density at radius 2 is 1.88 bits per heavy atom. The second-order valence-corrected chi connectivity index (χ2v) is 6.88. The number of hydrogen-bond acceptors (Lipinski definition) is 4. The molecule has 3 rings (SSSR count). The van der Waals surface area contributed by atoms with Crippen LogP contribution in [-0.4, -0.2) is 29.9 Å². The van der Waals surface area contributed by atoms with Gasteiger partial charge >= 0.3 is 0 Å². The summed E-state index contributed by atoms with van der Waals surface area (Å²) in [6.45, 7) is 5.84. The summed E-state index contributed by atoms with van der Waals surface area (Å²) in [7, 11) is 0. The molecule has 0 spiro atoms. The minimum atomic E-state index is -1.80. The number of ketones is 1. The van der Waals surface area contributed by atoms with Crippen molar-refractivity contribution in [1.29, 1.82) is 0 Å². The second kappa shape index (κ2) is 6.92. The van der Waals surface area contributed by atoms with Crippen molar-refractivity contribution >= 4 is 17.4 Å². The molecule has 26 heavy (non-hydrogen) atoms. The van der Waals surface area contributed by atoms with Gasteiger partial charge in [-0.25, -0.2) is 0 Å². The molecule has 1 heterocycles. The van der Waals surface area contributed by atoms with Crippen molar-refractivity contribution in [3.05, 3.63) is 59.2 Å². The zero-order valence-corrected chi connectivity index (χ0v) is 15.3. The maximum absolute atomic E-state index is 12.9. The normalized spacial score (nSPS) is 18.8. The molecule has 0 saturated carbocycles. The predicted molar refractivity (Wildman–Crippen MR) is 99.4 cm³/mol. The third kappa shape index (κ3) is 3.35. The van der Waals surface area contributed by atoms with Gasteiger partial charge in [0.15, 0.2) is 5.60 Å². The van der Waals surface area contributed by atoms with E-state index in [1.807, 2.05) is 50.2 Å². The molecule has 0 radical (unpaired) electrons. The number of carbonyl (C=O) groups excluding carboxylic acids is 2. The quantitative estimate of drug-likeness (QED) is 0.867. The highest BCUT2D eigenvalue weighted by Gasteiger charge is 2.50. The second-order valence-electron chi connectivity index (χ2n) is 6.88. The number of hydrogen-bond donors (Lipinski definition) is 1. The molecule has 1 amide bonds. The summed E-state index contributed by atoms with van der Waals surface area (Å²) in [5.74, 6) is 0.0343. The number of carbonyl (C=O) groups is 2. The Morgan fingerprint density at radius 3 is 2.58 bits per heavy atom. The van der Waals surface area contributed by atoms with Crippen molar-refractivity contribution in [3.8, 4) is 5.75 Å². The fraction of sp³-hybridized carbons (Fsp3) is 0.333. The van der Waals surface area contributed by atoms with Crippen LogP contribution in [0.25, 0.3) is 0 Å². The number of anilines is 1. The fourth-order valence-electron chi connectivity index (χ4n) is 3.38. The maximum atomic E-state index is 12.9. The van der Waals surface area contributed by atoms with E-state index < -0.39 is 11.5 Å². The molecule has 0 aromatic heterocycles. The highest BCUT2D eigenvalue weighted by molar-refractivity contribution is 6.08. The molecule has 2 aromatic carbocycles. The summed E-state index contributed by atoms with van der Waals surface area (Å²) in [4.78, 5) is 26.0. The van der Waals surface area contributed by atoms with E-state index in [9.17, 15) is 14.7 Å². The van der Waals surface area contributed by atoms with Gasteiger partial charge in [0.25, 0.3) is 5.91 Å². The molecule has 0 saturated heterocycles. The standard InChI is InChI=1S/C21H23NO4/c1-14-5-4-6-17(11-14)26-10-9-22-19-8-7-15(2)12-18(19)21(25,20(22)24)13-16(3)23/h4-8,11-12,25H,9-10,13H2,1-3H3/t21-/m0/s1. The van der Waals surface area contributed by atoms with Crippen molar-refractivity contribution in [2.24, 2.45) is 0 Å². The van der Waals surface area contributed by atoms with Gasteiger partial charge in [0.2, 0.25) is 0 Å². The van der Waals surface area contributed by atoms with E-state index >= 15 is 0 Å². The third-order valence-corrected chi connectivity index (χ3v) is 4.57. The first-order valence-corrected chi connectivity index (χ1v) is 8.65. The number of ether oxygens (including phenoxy) is 1. The van der Waals surface area contributed by atoms with Crippen molar-refractivity contribution in [2.75, 3.05) is 18.1 Å². The topological polar surface area (TPSA) is 66.8 Å². The Morgan fingerprint density at radius 1 is 1.15 bits per heavy atom. The molecule has 2 aromatic rings. The maximum Gasteiger partial charge on any atom is 0.264 e. The number of rotatable bonds is 6. The van der Waals surface area contributed by atoms with Crippen molar-refractivity contribution in [2.45, 2.75) is 32.8 Å². The molecule has 1 aliphatic rings. The Labute approximate surface area is 153 Å². The highest BCUT2D eigenvalue weighted by atomic mass is 16.5. The molecule has 0 bridgehead atoms. The highest BCUT2D eigenvalue weighted by Crippen LogP contribution is 2.42. The molecule has 1 atom stereocenters. The molecule has 0 unspecified atom stereocenters. The lowest BCUT2D eigenvalue weighted by Gasteiger charge is -2.22. The van der Waals surface area contributed by atoms with Gasteiger partial charge < -0.3 is 14.7 Å². The number of aliphatic hydroxyl groups is 1. The van der Waals surface area contributed by atoms with Gasteiger partial charge in [-0.05, 0) is 44.5 Å². The Hall–Kier alpha value is -2.66. The van der Waals surface area contributed by atoms with E-state index in [1.54, 1.807) is 6.07 Å². The number of benzene rings is 2. The van der Waals surface area contributed by atoms with Crippen LogP contribution in [0.4, 0.5) is 5.69 Å². The van der Waals surface area contributed by atoms with E-state index in [0.29, 0.717) is 24.4 Å².